The number of hydrogen-bond donors (Lipinski definition) is 2. The van der Waals surface area contributed by atoms with E-state index in [4.69, 9.17) is 4.74 Å². The van der Waals surface area contributed by atoms with Gasteiger partial charge in [0, 0.05) is 7.11 Å². The summed E-state index contributed by atoms with van der Waals surface area (Å²) in [6, 6.07) is 0. The van der Waals surface area contributed by atoms with Crippen LogP contribution in [0.25, 0.3) is 0 Å². The van der Waals surface area contributed by atoms with E-state index >= 15 is 0 Å². The number of ether oxygens (including phenoxy) is 1. The number of rotatable bonds is 4. The number of amides is 1. The molecule has 2 rings (SSSR count). The Hall–Kier alpha value is -0.820. The van der Waals surface area contributed by atoms with Crippen molar-refractivity contribution in [3.05, 3.63) is 0 Å². The van der Waals surface area contributed by atoms with Crippen LogP contribution in [0.3, 0.4) is 0 Å². The third kappa shape index (κ3) is 2.72. The lowest BCUT2D eigenvalue weighted by Crippen LogP contribution is -2.56. The molecule has 1 amide bonds. The maximum atomic E-state index is 12.9. The van der Waals surface area contributed by atoms with Crippen LogP contribution < -0.4 is 10.6 Å². The first-order valence-corrected chi connectivity index (χ1v) is 6.44. The molecule has 19 heavy (non-hydrogen) atoms. The first-order chi connectivity index (χ1) is 8.85. The Balaban J connectivity index is 2.08. The average molecular weight is 280 g/mol. The lowest BCUT2D eigenvalue weighted by Gasteiger charge is -2.37. The fourth-order valence-corrected chi connectivity index (χ4v) is 2.57. The maximum Gasteiger partial charge on any atom is 0.411 e. The van der Waals surface area contributed by atoms with Crippen LogP contribution in [-0.2, 0) is 9.53 Å². The van der Waals surface area contributed by atoms with Gasteiger partial charge in [0.05, 0.1) is 12.0 Å². The van der Waals surface area contributed by atoms with Crippen molar-refractivity contribution in [2.45, 2.75) is 37.4 Å². The fraction of sp³-hybridized carbons (Fsp3) is 0.917. The van der Waals surface area contributed by atoms with Crippen LogP contribution >= 0.6 is 0 Å². The Morgan fingerprint density at radius 1 is 1.26 bits per heavy atom. The summed E-state index contributed by atoms with van der Waals surface area (Å²) in [5.74, 6) is -0.523. The van der Waals surface area contributed by atoms with Gasteiger partial charge in [-0.3, -0.25) is 4.79 Å². The Morgan fingerprint density at radius 3 is 2.26 bits per heavy atom. The predicted molar refractivity (Wildman–Crippen MR) is 62.6 cm³/mol. The third-order valence-electron chi connectivity index (χ3n) is 4.11. The molecule has 7 heteroatoms. The van der Waals surface area contributed by atoms with Crippen LogP contribution in [0.1, 0.15) is 25.7 Å². The minimum atomic E-state index is -4.37. The highest BCUT2D eigenvalue weighted by molar-refractivity contribution is 5.84. The van der Waals surface area contributed by atoms with E-state index in [1.807, 2.05) is 0 Å². The molecule has 0 spiro atoms. The highest BCUT2D eigenvalue weighted by Crippen LogP contribution is 2.49. The van der Waals surface area contributed by atoms with Gasteiger partial charge >= 0.3 is 6.18 Å². The zero-order chi connectivity index (χ0) is 14.1. The second kappa shape index (κ2) is 4.94. The van der Waals surface area contributed by atoms with E-state index in [9.17, 15) is 18.0 Å². The zero-order valence-electron chi connectivity index (χ0n) is 10.9. The van der Waals surface area contributed by atoms with E-state index in [1.54, 1.807) is 0 Å². The minimum absolute atomic E-state index is 0.0243. The second-order valence-electron chi connectivity index (χ2n) is 5.50. The Bertz CT molecular complexity index is 342. The van der Waals surface area contributed by atoms with Gasteiger partial charge in [0.2, 0.25) is 5.91 Å². The van der Waals surface area contributed by atoms with E-state index in [0.29, 0.717) is 25.9 Å². The quantitative estimate of drug-likeness (QED) is 0.814. The molecule has 1 aliphatic heterocycles. The third-order valence-corrected chi connectivity index (χ3v) is 4.11. The van der Waals surface area contributed by atoms with E-state index < -0.39 is 23.0 Å². The summed E-state index contributed by atoms with van der Waals surface area (Å²) in [6.07, 6.45) is -3.42. The molecule has 0 aromatic heterocycles. The molecule has 0 bridgehead atoms. The summed E-state index contributed by atoms with van der Waals surface area (Å²) >= 11 is 0. The van der Waals surface area contributed by atoms with Gasteiger partial charge in [-0.05, 0) is 38.8 Å². The number of carbonyl (C=O) groups is 1. The molecule has 1 saturated carbocycles. The number of piperidine rings is 1. The van der Waals surface area contributed by atoms with Crippen molar-refractivity contribution in [1.29, 1.82) is 0 Å². The summed E-state index contributed by atoms with van der Waals surface area (Å²) < 4.78 is 43.7. The van der Waals surface area contributed by atoms with E-state index in [0.717, 1.165) is 0 Å². The molecule has 1 saturated heterocycles. The topological polar surface area (TPSA) is 50.4 Å². The van der Waals surface area contributed by atoms with Gasteiger partial charge in [0.25, 0.3) is 0 Å². The highest BCUT2D eigenvalue weighted by Gasteiger charge is 2.65. The van der Waals surface area contributed by atoms with E-state index in [1.165, 1.54) is 7.11 Å². The molecule has 0 unspecified atom stereocenters. The lowest BCUT2D eigenvalue weighted by atomic mass is 9.78. The van der Waals surface area contributed by atoms with E-state index in [-0.39, 0.29) is 19.4 Å². The number of nitrogens with one attached hydrogen (secondary N) is 2. The second-order valence-corrected chi connectivity index (χ2v) is 5.50. The van der Waals surface area contributed by atoms with Crippen molar-refractivity contribution in [3.8, 4) is 0 Å². The first kappa shape index (κ1) is 14.6. The van der Waals surface area contributed by atoms with Crippen LogP contribution in [0.2, 0.25) is 0 Å². The predicted octanol–water partition coefficient (Wildman–Crippen LogP) is 1.21. The van der Waals surface area contributed by atoms with Crippen LogP contribution in [0.15, 0.2) is 0 Å². The van der Waals surface area contributed by atoms with Gasteiger partial charge in [0.15, 0.2) is 0 Å². The number of alkyl halides is 3. The van der Waals surface area contributed by atoms with Crippen LogP contribution in [-0.4, -0.2) is 44.4 Å². The molecule has 1 aliphatic carbocycles. The SMILES string of the molecule is COCC1(C(=O)NC2(C(F)(F)F)CC2)CCNCC1. The molecule has 4 nitrogen and oxygen atoms in total. The van der Waals surface area contributed by atoms with Gasteiger partial charge in [-0.15, -0.1) is 0 Å². The molecule has 0 aromatic rings. The summed E-state index contributed by atoms with van der Waals surface area (Å²) in [7, 11) is 1.47. The smallest absolute Gasteiger partial charge is 0.384 e. The largest absolute Gasteiger partial charge is 0.411 e. The standard InChI is InChI=1S/C12H19F3N2O2/c1-19-8-10(4-6-16-7-5-10)9(18)17-11(2-3-11)12(13,14)15/h16H,2-8H2,1H3,(H,17,18). The van der Waals surface area contributed by atoms with Gasteiger partial charge < -0.3 is 15.4 Å². The van der Waals surface area contributed by atoms with Gasteiger partial charge in [-0.25, -0.2) is 0 Å². The molecule has 2 N–H and O–H groups in total. The van der Waals surface area contributed by atoms with Crippen molar-refractivity contribution in [2.24, 2.45) is 5.41 Å². The first-order valence-electron chi connectivity index (χ1n) is 6.44. The molecule has 2 aliphatic rings. The molecule has 1 heterocycles. The number of halogens is 3. The molecular weight excluding hydrogens is 261 g/mol. The van der Waals surface area contributed by atoms with Gasteiger partial charge in [-0.2, -0.15) is 13.2 Å². The Kier molecular flexibility index (Phi) is 3.79. The lowest BCUT2D eigenvalue weighted by molar-refractivity contribution is -0.174. The fourth-order valence-electron chi connectivity index (χ4n) is 2.57. The summed E-state index contributed by atoms with van der Waals surface area (Å²) in [4.78, 5) is 12.3. The van der Waals surface area contributed by atoms with Gasteiger partial charge in [-0.1, -0.05) is 0 Å². The maximum absolute atomic E-state index is 12.9. The molecular formula is C12H19F3N2O2. The summed E-state index contributed by atoms with van der Waals surface area (Å²) in [5.41, 5.74) is -2.82. The molecule has 0 radical (unpaired) electrons. The van der Waals surface area contributed by atoms with Gasteiger partial charge in [0.1, 0.15) is 5.54 Å². The van der Waals surface area contributed by atoms with Crippen molar-refractivity contribution in [2.75, 3.05) is 26.8 Å². The van der Waals surface area contributed by atoms with Crippen LogP contribution in [0.4, 0.5) is 13.2 Å². The van der Waals surface area contributed by atoms with Crippen molar-refractivity contribution in [3.63, 3.8) is 0 Å². The van der Waals surface area contributed by atoms with Crippen molar-refractivity contribution < 1.29 is 22.7 Å². The number of carbonyl (C=O) groups excluding carboxylic acids is 1. The van der Waals surface area contributed by atoms with Crippen LogP contribution in [0.5, 0.6) is 0 Å². The number of hydrogen-bond acceptors (Lipinski definition) is 3. The van der Waals surface area contributed by atoms with E-state index in [2.05, 4.69) is 10.6 Å². The highest BCUT2D eigenvalue weighted by atomic mass is 19.4. The summed E-state index contributed by atoms with van der Waals surface area (Å²) in [6.45, 7) is 1.40. The number of methoxy groups -OCH3 is 1. The van der Waals surface area contributed by atoms with Crippen LogP contribution in [0, 0.1) is 5.41 Å². The molecule has 110 valence electrons. The summed E-state index contributed by atoms with van der Waals surface area (Å²) in [5, 5.41) is 5.33. The minimum Gasteiger partial charge on any atom is -0.384 e. The van der Waals surface area contributed by atoms with Crippen molar-refractivity contribution >= 4 is 5.91 Å². The molecule has 0 aromatic carbocycles. The Morgan fingerprint density at radius 2 is 1.84 bits per heavy atom. The monoisotopic (exact) mass is 280 g/mol. The molecule has 0 atom stereocenters. The average Bonchev–Trinajstić information content (AvgIpc) is 3.11. The normalized spacial score (nSPS) is 24.8. The zero-order valence-corrected chi connectivity index (χ0v) is 10.9. The van der Waals surface area contributed by atoms with Crippen molar-refractivity contribution in [1.82, 2.24) is 10.6 Å². The Labute approximate surface area is 110 Å². The molecule has 2 fully saturated rings.